The molecule has 0 saturated heterocycles. The standard InChI is InChI=1S/C16H15Cl2N3O5/c1-2-6-21-13(19)12(14(23)20-16(21)25)10(22)7-26-15(24)11-8(17)4-3-5-9(11)18/h3-5H,2,6-7,19H2,1H3,(H,20,23,25). The van der Waals surface area contributed by atoms with Gasteiger partial charge in [-0.05, 0) is 18.6 Å². The Morgan fingerprint density at radius 2 is 1.81 bits per heavy atom. The summed E-state index contributed by atoms with van der Waals surface area (Å²) in [5.74, 6) is -2.06. The third kappa shape index (κ3) is 3.97. The molecule has 0 radical (unpaired) electrons. The molecule has 138 valence electrons. The number of carbonyl (C=O) groups is 2. The van der Waals surface area contributed by atoms with E-state index in [1.54, 1.807) is 13.0 Å². The maximum absolute atomic E-state index is 12.3. The highest BCUT2D eigenvalue weighted by Gasteiger charge is 2.22. The van der Waals surface area contributed by atoms with Crippen molar-refractivity contribution < 1.29 is 14.3 Å². The van der Waals surface area contributed by atoms with E-state index < -0.39 is 35.2 Å². The van der Waals surface area contributed by atoms with Gasteiger partial charge in [0.15, 0.2) is 6.61 Å². The number of anilines is 1. The van der Waals surface area contributed by atoms with Gasteiger partial charge in [-0.1, -0.05) is 36.2 Å². The number of aromatic nitrogens is 2. The molecule has 1 aromatic heterocycles. The van der Waals surface area contributed by atoms with Gasteiger partial charge < -0.3 is 10.5 Å². The predicted molar refractivity (Wildman–Crippen MR) is 97.1 cm³/mol. The molecule has 0 bridgehead atoms. The van der Waals surface area contributed by atoms with Gasteiger partial charge >= 0.3 is 11.7 Å². The van der Waals surface area contributed by atoms with E-state index in [2.05, 4.69) is 0 Å². The van der Waals surface area contributed by atoms with E-state index in [1.807, 2.05) is 4.98 Å². The molecule has 1 aromatic carbocycles. The molecule has 0 spiro atoms. The fourth-order valence-corrected chi connectivity index (χ4v) is 2.82. The molecule has 0 amide bonds. The Labute approximate surface area is 157 Å². The monoisotopic (exact) mass is 399 g/mol. The lowest BCUT2D eigenvalue weighted by atomic mass is 10.2. The zero-order valence-corrected chi connectivity index (χ0v) is 15.2. The minimum Gasteiger partial charge on any atom is -0.454 e. The van der Waals surface area contributed by atoms with Gasteiger partial charge in [0.05, 0.1) is 15.6 Å². The van der Waals surface area contributed by atoms with Gasteiger partial charge in [-0.3, -0.25) is 19.1 Å². The van der Waals surface area contributed by atoms with E-state index in [-0.39, 0.29) is 28.0 Å². The highest BCUT2D eigenvalue weighted by molar-refractivity contribution is 6.39. The highest BCUT2D eigenvalue weighted by atomic mass is 35.5. The number of benzene rings is 1. The number of nitrogens with two attached hydrogens (primary N) is 1. The Balaban J connectivity index is 2.26. The van der Waals surface area contributed by atoms with Crippen LogP contribution in [0.25, 0.3) is 0 Å². The van der Waals surface area contributed by atoms with E-state index in [0.29, 0.717) is 6.42 Å². The molecule has 26 heavy (non-hydrogen) atoms. The lowest BCUT2D eigenvalue weighted by Gasteiger charge is -2.11. The van der Waals surface area contributed by atoms with Crippen LogP contribution in [0.2, 0.25) is 10.0 Å². The highest BCUT2D eigenvalue weighted by Crippen LogP contribution is 2.25. The van der Waals surface area contributed by atoms with Crippen LogP contribution >= 0.6 is 23.2 Å². The Hall–Kier alpha value is -2.58. The molecule has 2 aromatic rings. The minimum absolute atomic E-state index is 0.0591. The first kappa shape index (κ1) is 19.7. The summed E-state index contributed by atoms with van der Waals surface area (Å²) in [5.41, 5.74) is 3.57. The first-order chi connectivity index (χ1) is 12.3. The number of Topliss-reactive ketones (excluding diaryl/α,β-unsaturated/α-hetero) is 1. The van der Waals surface area contributed by atoms with Crippen molar-refractivity contribution in [3.8, 4) is 0 Å². The first-order valence-corrected chi connectivity index (χ1v) is 8.30. The van der Waals surface area contributed by atoms with Crippen LogP contribution < -0.4 is 17.0 Å². The molecule has 0 unspecified atom stereocenters. The SMILES string of the molecule is CCCn1c(N)c(C(=O)COC(=O)c2c(Cl)cccc2Cl)c(=O)[nH]c1=O. The fourth-order valence-electron chi connectivity index (χ4n) is 2.27. The second kappa shape index (κ2) is 8.20. The molecular weight excluding hydrogens is 385 g/mol. The first-order valence-electron chi connectivity index (χ1n) is 7.54. The molecule has 2 rings (SSSR count). The van der Waals surface area contributed by atoms with Crippen molar-refractivity contribution in [2.75, 3.05) is 12.3 Å². The van der Waals surface area contributed by atoms with Crippen LogP contribution in [0.1, 0.15) is 34.1 Å². The quantitative estimate of drug-likeness (QED) is 0.564. The zero-order chi connectivity index (χ0) is 19.4. The Morgan fingerprint density at radius 3 is 2.38 bits per heavy atom. The van der Waals surface area contributed by atoms with E-state index in [9.17, 15) is 19.2 Å². The maximum Gasteiger partial charge on any atom is 0.341 e. The van der Waals surface area contributed by atoms with Gasteiger partial charge in [0, 0.05) is 6.54 Å². The molecule has 10 heteroatoms. The summed E-state index contributed by atoms with van der Waals surface area (Å²) in [5, 5.41) is 0.118. The van der Waals surface area contributed by atoms with E-state index in [1.165, 1.54) is 12.1 Å². The van der Waals surface area contributed by atoms with Gasteiger partial charge in [-0.25, -0.2) is 9.59 Å². The van der Waals surface area contributed by atoms with E-state index >= 15 is 0 Å². The fraction of sp³-hybridized carbons (Fsp3) is 0.250. The summed E-state index contributed by atoms with van der Waals surface area (Å²) in [6.45, 7) is 1.25. The number of rotatable bonds is 6. The van der Waals surface area contributed by atoms with Gasteiger partial charge in [0.25, 0.3) is 5.56 Å². The zero-order valence-electron chi connectivity index (χ0n) is 13.7. The van der Waals surface area contributed by atoms with Crippen molar-refractivity contribution >= 4 is 40.8 Å². The minimum atomic E-state index is -0.948. The number of nitrogen functional groups attached to an aromatic ring is 1. The third-order valence-corrected chi connectivity index (χ3v) is 4.10. The van der Waals surface area contributed by atoms with Crippen molar-refractivity contribution in [2.24, 2.45) is 0 Å². The van der Waals surface area contributed by atoms with Crippen LogP contribution in [0, 0.1) is 0 Å². The number of aromatic amines is 1. The number of esters is 1. The smallest absolute Gasteiger partial charge is 0.341 e. The molecule has 0 atom stereocenters. The van der Waals surface area contributed by atoms with E-state index in [4.69, 9.17) is 33.7 Å². The number of ketones is 1. The number of ether oxygens (including phenoxy) is 1. The van der Waals surface area contributed by atoms with Gasteiger partial charge in [-0.15, -0.1) is 0 Å². The number of halogens is 2. The molecule has 3 N–H and O–H groups in total. The second-order valence-electron chi connectivity index (χ2n) is 5.27. The summed E-state index contributed by atoms with van der Waals surface area (Å²) in [4.78, 5) is 50.1. The number of nitrogens with one attached hydrogen (secondary N) is 1. The molecule has 8 nitrogen and oxygen atoms in total. The number of carbonyl (C=O) groups excluding carboxylic acids is 2. The summed E-state index contributed by atoms with van der Waals surface area (Å²) in [7, 11) is 0. The summed E-state index contributed by atoms with van der Waals surface area (Å²) < 4.78 is 5.96. The van der Waals surface area contributed by atoms with Crippen molar-refractivity contribution in [1.29, 1.82) is 0 Å². The molecule has 0 saturated carbocycles. The molecule has 1 heterocycles. The molecular formula is C16H15Cl2N3O5. The van der Waals surface area contributed by atoms with Crippen LogP contribution in [0.4, 0.5) is 5.82 Å². The third-order valence-electron chi connectivity index (χ3n) is 3.47. The van der Waals surface area contributed by atoms with Gasteiger partial charge in [-0.2, -0.15) is 0 Å². The largest absolute Gasteiger partial charge is 0.454 e. The normalized spacial score (nSPS) is 10.6. The maximum atomic E-state index is 12.3. The number of hydrogen-bond donors (Lipinski definition) is 2. The van der Waals surface area contributed by atoms with Gasteiger partial charge in [0.2, 0.25) is 5.78 Å². The van der Waals surface area contributed by atoms with Crippen LogP contribution in [0.3, 0.4) is 0 Å². The van der Waals surface area contributed by atoms with Crippen LogP contribution in [0.5, 0.6) is 0 Å². The summed E-state index contributed by atoms with van der Waals surface area (Å²) in [6.07, 6.45) is 0.559. The Kier molecular flexibility index (Phi) is 6.23. The summed E-state index contributed by atoms with van der Waals surface area (Å²) >= 11 is 11.8. The average Bonchev–Trinajstić information content (AvgIpc) is 2.56. The lowest BCUT2D eigenvalue weighted by molar-refractivity contribution is 0.0474. The molecule has 0 aliphatic rings. The topological polar surface area (TPSA) is 124 Å². The van der Waals surface area contributed by atoms with Crippen LogP contribution in [-0.2, 0) is 11.3 Å². The average molecular weight is 400 g/mol. The van der Waals surface area contributed by atoms with Crippen molar-refractivity contribution in [1.82, 2.24) is 9.55 Å². The molecule has 0 aliphatic heterocycles. The van der Waals surface area contributed by atoms with Crippen LogP contribution in [-0.4, -0.2) is 27.9 Å². The van der Waals surface area contributed by atoms with Gasteiger partial charge in [0.1, 0.15) is 11.4 Å². The van der Waals surface area contributed by atoms with E-state index in [0.717, 1.165) is 4.57 Å². The second-order valence-corrected chi connectivity index (χ2v) is 6.08. The lowest BCUT2D eigenvalue weighted by Crippen LogP contribution is -2.37. The van der Waals surface area contributed by atoms with Crippen molar-refractivity contribution in [3.63, 3.8) is 0 Å². The summed E-state index contributed by atoms with van der Waals surface area (Å²) in [6, 6.07) is 4.42. The molecule has 0 fully saturated rings. The Morgan fingerprint density at radius 1 is 1.19 bits per heavy atom. The van der Waals surface area contributed by atoms with Crippen molar-refractivity contribution in [3.05, 3.63) is 60.2 Å². The van der Waals surface area contributed by atoms with Crippen molar-refractivity contribution in [2.45, 2.75) is 19.9 Å². The number of hydrogen-bond acceptors (Lipinski definition) is 6. The number of H-pyrrole nitrogens is 1. The Bertz CT molecular complexity index is 961. The predicted octanol–water partition coefficient (Wildman–Crippen LogP) is 1.88. The molecule has 0 aliphatic carbocycles. The number of nitrogens with zero attached hydrogens (tertiary/aromatic N) is 1. The van der Waals surface area contributed by atoms with Crippen LogP contribution in [0.15, 0.2) is 27.8 Å².